The molecule has 0 aliphatic heterocycles. The number of hydrogen-bond donors (Lipinski definition) is 1. The summed E-state index contributed by atoms with van der Waals surface area (Å²) >= 11 is 0. The van der Waals surface area contributed by atoms with E-state index in [9.17, 15) is 0 Å². The third-order valence-corrected chi connectivity index (χ3v) is 1.30. The van der Waals surface area contributed by atoms with Gasteiger partial charge in [-0.05, 0) is 18.2 Å². The zero-order chi connectivity index (χ0) is 7.23. The van der Waals surface area contributed by atoms with E-state index in [1.165, 1.54) is 5.56 Å². The molecule has 0 saturated carbocycles. The maximum absolute atomic E-state index is 4.00. The molecule has 0 saturated heterocycles. The molecule has 0 amide bonds. The number of nitrogens with zero attached hydrogens (tertiary/aromatic N) is 1. The van der Waals surface area contributed by atoms with E-state index >= 15 is 0 Å². The number of hydrogen-bond acceptors (Lipinski definition) is 2. The summed E-state index contributed by atoms with van der Waals surface area (Å²) in [5, 5.41) is 3.22. The van der Waals surface area contributed by atoms with E-state index in [2.05, 4.69) is 23.3 Å². The molecule has 0 fully saturated rings. The first-order valence-corrected chi connectivity index (χ1v) is 3.53. The third kappa shape index (κ3) is 3.96. The number of rotatable bonds is 3. The van der Waals surface area contributed by atoms with Crippen LogP contribution in [0, 0.1) is 0 Å². The van der Waals surface area contributed by atoms with Crippen LogP contribution in [0.5, 0.6) is 0 Å². The van der Waals surface area contributed by atoms with Gasteiger partial charge >= 0.3 is 0 Å². The summed E-state index contributed by atoms with van der Waals surface area (Å²) in [7, 11) is 0. The summed E-state index contributed by atoms with van der Waals surface area (Å²) in [6.07, 6.45) is 3.66. The van der Waals surface area contributed by atoms with Crippen LogP contribution in [0.4, 0.5) is 0 Å². The zero-order valence-corrected chi connectivity index (χ0v) is 7.40. The first-order chi connectivity index (χ1) is 4.93. The highest BCUT2D eigenvalue weighted by atomic mass is 35.5. The lowest BCUT2D eigenvalue weighted by molar-refractivity contribution is 0.724. The minimum absolute atomic E-state index is 0. The van der Waals surface area contributed by atoms with Gasteiger partial charge in [0.15, 0.2) is 0 Å². The Morgan fingerprint density at radius 2 is 2.36 bits per heavy atom. The second-order valence-corrected chi connectivity index (χ2v) is 2.14. The van der Waals surface area contributed by atoms with Crippen LogP contribution in [0.3, 0.4) is 0 Å². The average Bonchev–Trinajstić information content (AvgIpc) is 2.03. The zero-order valence-electron chi connectivity index (χ0n) is 6.58. The number of nitrogens with one attached hydrogen (secondary N) is 1. The Labute approximate surface area is 73.4 Å². The van der Waals surface area contributed by atoms with Gasteiger partial charge in [-0.2, -0.15) is 0 Å². The SMILES string of the molecule is CCNCc1cccnc1.Cl. The summed E-state index contributed by atoms with van der Waals surface area (Å²) in [6.45, 7) is 4.02. The fourth-order valence-corrected chi connectivity index (χ4v) is 0.772. The molecule has 0 aliphatic rings. The lowest BCUT2D eigenvalue weighted by Gasteiger charge is -1.98. The highest BCUT2D eigenvalue weighted by Gasteiger charge is 1.86. The molecule has 0 bridgehead atoms. The van der Waals surface area contributed by atoms with E-state index in [0.717, 1.165) is 13.1 Å². The van der Waals surface area contributed by atoms with Gasteiger partial charge in [0.05, 0.1) is 0 Å². The Morgan fingerprint density at radius 3 is 2.91 bits per heavy atom. The molecule has 0 unspecified atom stereocenters. The van der Waals surface area contributed by atoms with Crippen molar-refractivity contribution >= 4 is 12.4 Å². The van der Waals surface area contributed by atoms with Crippen LogP contribution in [0.25, 0.3) is 0 Å². The van der Waals surface area contributed by atoms with Gasteiger partial charge in [-0.15, -0.1) is 12.4 Å². The Hall–Kier alpha value is -0.600. The van der Waals surface area contributed by atoms with Gasteiger partial charge in [-0.1, -0.05) is 13.0 Å². The standard InChI is InChI=1S/C8H12N2.ClH/c1-2-9-6-8-4-3-5-10-7-8;/h3-5,7,9H,2,6H2,1H3;1H. The predicted octanol–water partition coefficient (Wildman–Crippen LogP) is 1.61. The van der Waals surface area contributed by atoms with Crippen molar-refractivity contribution in [3.8, 4) is 0 Å². The van der Waals surface area contributed by atoms with Gasteiger partial charge in [0.2, 0.25) is 0 Å². The molecule has 1 N–H and O–H groups in total. The second kappa shape index (κ2) is 6.13. The topological polar surface area (TPSA) is 24.9 Å². The Bertz CT molecular complexity index is 177. The summed E-state index contributed by atoms with van der Waals surface area (Å²) < 4.78 is 0. The summed E-state index contributed by atoms with van der Waals surface area (Å²) in [6, 6.07) is 4.02. The maximum Gasteiger partial charge on any atom is 0.0312 e. The van der Waals surface area contributed by atoms with Crippen LogP contribution >= 0.6 is 12.4 Å². The molecule has 0 aliphatic carbocycles. The fraction of sp³-hybridized carbons (Fsp3) is 0.375. The molecule has 0 atom stereocenters. The Morgan fingerprint density at radius 1 is 1.55 bits per heavy atom. The third-order valence-electron chi connectivity index (χ3n) is 1.30. The first kappa shape index (κ1) is 10.4. The van der Waals surface area contributed by atoms with Crippen LogP contribution in [0.1, 0.15) is 12.5 Å². The first-order valence-electron chi connectivity index (χ1n) is 3.53. The molecule has 1 aromatic rings. The normalized spacial score (nSPS) is 8.82. The molecule has 2 nitrogen and oxygen atoms in total. The van der Waals surface area contributed by atoms with E-state index in [4.69, 9.17) is 0 Å². The van der Waals surface area contributed by atoms with E-state index in [0.29, 0.717) is 0 Å². The van der Waals surface area contributed by atoms with E-state index < -0.39 is 0 Å². The summed E-state index contributed by atoms with van der Waals surface area (Å²) in [5.41, 5.74) is 1.24. The minimum Gasteiger partial charge on any atom is -0.313 e. The number of pyridine rings is 1. The van der Waals surface area contributed by atoms with Crippen molar-refractivity contribution in [1.29, 1.82) is 0 Å². The van der Waals surface area contributed by atoms with Gasteiger partial charge in [-0.25, -0.2) is 0 Å². The molecule has 1 rings (SSSR count). The molecular formula is C8H13ClN2. The molecule has 3 heteroatoms. The van der Waals surface area contributed by atoms with Crippen molar-refractivity contribution in [3.05, 3.63) is 30.1 Å². The van der Waals surface area contributed by atoms with Crippen molar-refractivity contribution in [1.82, 2.24) is 10.3 Å². The van der Waals surface area contributed by atoms with E-state index in [1.54, 1.807) is 6.20 Å². The van der Waals surface area contributed by atoms with Gasteiger partial charge in [-0.3, -0.25) is 4.98 Å². The van der Waals surface area contributed by atoms with Crippen LogP contribution in [0.2, 0.25) is 0 Å². The molecule has 0 spiro atoms. The van der Waals surface area contributed by atoms with Gasteiger partial charge in [0, 0.05) is 18.9 Å². The fourth-order valence-electron chi connectivity index (χ4n) is 0.772. The molecular weight excluding hydrogens is 160 g/mol. The van der Waals surface area contributed by atoms with Gasteiger partial charge < -0.3 is 5.32 Å². The number of aromatic nitrogens is 1. The van der Waals surface area contributed by atoms with Crippen molar-refractivity contribution in [3.63, 3.8) is 0 Å². The van der Waals surface area contributed by atoms with Crippen LogP contribution in [0.15, 0.2) is 24.5 Å². The van der Waals surface area contributed by atoms with Crippen LogP contribution in [-0.4, -0.2) is 11.5 Å². The monoisotopic (exact) mass is 172 g/mol. The van der Waals surface area contributed by atoms with E-state index in [-0.39, 0.29) is 12.4 Å². The largest absolute Gasteiger partial charge is 0.313 e. The van der Waals surface area contributed by atoms with Crippen LogP contribution in [-0.2, 0) is 6.54 Å². The predicted molar refractivity (Wildman–Crippen MR) is 48.9 cm³/mol. The molecule has 1 aromatic heterocycles. The highest BCUT2D eigenvalue weighted by Crippen LogP contribution is 1.92. The smallest absolute Gasteiger partial charge is 0.0312 e. The summed E-state index contributed by atoms with van der Waals surface area (Å²) in [5.74, 6) is 0. The molecule has 0 aromatic carbocycles. The van der Waals surface area contributed by atoms with E-state index in [1.807, 2.05) is 12.3 Å². The van der Waals surface area contributed by atoms with Gasteiger partial charge in [0.25, 0.3) is 0 Å². The van der Waals surface area contributed by atoms with Crippen LogP contribution < -0.4 is 5.32 Å². The van der Waals surface area contributed by atoms with Crippen molar-refractivity contribution in [2.45, 2.75) is 13.5 Å². The quantitative estimate of drug-likeness (QED) is 0.750. The van der Waals surface area contributed by atoms with Gasteiger partial charge in [0.1, 0.15) is 0 Å². The summed E-state index contributed by atoms with van der Waals surface area (Å²) in [4.78, 5) is 4.00. The Balaban J connectivity index is 0.000001000. The Kier molecular flexibility index (Phi) is 5.80. The molecule has 0 radical (unpaired) electrons. The lowest BCUT2D eigenvalue weighted by atomic mass is 10.3. The lowest BCUT2D eigenvalue weighted by Crippen LogP contribution is -2.11. The van der Waals surface area contributed by atoms with Crippen molar-refractivity contribution in [2.75, 3.05) is 6.54 Å². The highest BCUT2D eigenvalue weighted by molar-refractivity contribution is 5.85. The molecule has 11 heavy (non-hydrogen) atoms. The second-order valence-electron chi connectivity index (χ2n) is 2.14. The maximum atomic E-state index is 4.00. The van der Waals surface area contributed by atoms with Crippen molar-refractivity contribution in [2.24, 2.45) is 0 Å². The average molecular weight is 173 g/mol. The number of halogens is 1. The van der Waals surface area contributed by atoms with Crippen molar-refractivity contribution < 1.29 is 0 Å². The molecule has 62 valence electrons. The minimum atomic E-state index is 0. The molecule has 1 heterocycles.